The first-order chi connectivity index (χ1) is 7.38. The molecular weight excluding hydrogens is 180 g/mol. The zero-order valence-corrected chi connectivity index (χ0v) is 10.4. The molecule has 0 aromatic heterocycles. The van der Waals surface area contributed by atoms with Gasteiger partial charge in [0, 0.05) is 0 Å². The molecule has 1 aliphatic rings. The standard InChI is InChI=1S/C13H18.C2H6/c1-3-8-12(9-4-2)13-10-6-5-7-11-13;1-2/h3,5-6,8,10H,1,4,7,9,11H2,2H3;1-2H3/b12-8+;. The summed E-state index contributed by atoms with van der Waals surface area (Å²) in [5.41, 5.74) is 2.95. The van der Waals surface area contributed by atoms with Crippen molar-refractivity contribution in [2.45, 2.75) is 46.5 Å². The summed E-state index contributed by atoms with van der Waals surface area (Å²) in [5.74, 6) is 0. The topological polar surface area (TPSA) is 0 Å². The Morgan fingerprint density at radius 1 is 1.47 bits per heavy atom. The predicted octanol–water partition coefficient (Wildman–Crippen LogP) is 5.20. The lowest BCUT2D eigenvalue weighted by molar-refractivity contribution is 0.870. The van der Waals surface area contributed by atoms with Crippen LogP contribution in [0, 0.1) is 0 Å². The maximum absolute atomic E-state index is 3.76. The summed E-state index contributed by atoms with van der Waals surface area (Å²) < 4.78 is 0. The highest BCUT2D eigenvalue weighted by atomic mass is 14.1. The normalized spacial score (nSPS) is 15.1. The third-order valence-corrected chi connectivity index (χ3v) is 2.26. The Bertz CT molecular complexity index is 251. The molecule has 0 spiro atoms. The zero-order chi connectivity index (χ0) is 11.5. The van der Waals surface area contributed by atoms with Crippen molar-refractivity contribution in [1.29, 1.82) is 0 Å². The van der Waals surface area contributed by atoms with E-state index in [1.54, 1.807) is 0 Å². The molecule has 0 amide bonds. The molecule has 15 heavy (non-hydrogen) atoms. The van der Waals surface area contributed by atoms with E-state index in [1.807, 2.05) is 19.9 Å². The second-order valence-electron chi connectivity index (χ2n) is 3.34. The van der Waals surface area contributed by atoms with E-state index in [0.717, 1.165) is 0 Å². The van der Waals surface area contributed by atoms with Gasteiger partial charge in [-0.2, -0.15) is 0 Å². The van der Waals surface area contributed by atoms with E-state index in [4.69, 9.17) is 0 Å². The Balaban J connectivity index is 0.000000921. The van der Waals surface area contributed by atoms with Crippen LogP contribution >= 0.6 is 0 Å². The molecule has 0 heterocycles. The molecule has 0 unspecified atom stereocenters. The second kappa shape index (κ2) is 9.51. The fourth-order valence-electron chi connectivity index (χ4n) is 1.63. The average molecular weight is 204 g/mol. The van der Waals surface area contributed by atoms with E-state index in [-0.39, 0.29) is 0 Å². The van der Waals surface area contributed by atoms with Crippen LogP contribution in [0.25, 0.3) is 0 Å². The number of allylic oxidation sites excluding steroid dienone is 7. The molecule has 0 atom stereocenters. The molecule has 0 bridgehead atoms. The Labute approximate surface area is 95.1 Å². The molecule has 0 aromatic carbocycles. The molecule has 0 aromatic rings. The monoisotopic (exact) mass is 204 g/mol. The molecular formula is C15H24. The molecule has 1 rings (SSSR count). The van der Waals surface area contributed by atoms with Crippen molar-refractivity contribution in [1.82, 2.24) is 0 Å². The van der Waals surface area contributed by atoms with E-state index in [0.29, 0.717) is 0 Å². The number of hydrogen-bond acceptors (Lipinski definition) is 0. The zero-order valence-electron chi connectivity index (χ0n) is 10.4. The van der Waals surface area contributed by atoms with Crippen molar-refractivity contribution in [3.05, 3.63) is 48.1 Å². The van der Waals surface area contributed by atoms with Crippen molar-refractivity contribution in [2.75, 3.05) is 0 Å². The van der Waals surface area contributed by atoms with Crippen molar-refractivity contribution < 1.29 is 0 Å². The molecule has 0 nitrogen and oxygen atoms in total. The van der Waals surface area contributed by atoms with Gasteiger partial charge in [0.1, 0.15) is 0 Å². The van der Waals surface area contributed by atoms with Crippen LogP contribution in [0.15, 0.2) is 48.1 Å². The summed E-state index contributed by atoms with van der Waals surface area (Å²) in [6.07, 6.45) is 15.4. The van der Waals surface area contributed by atoms with E-state index in [2.05, 4.69) is 37.8 Å². The second-order valence-corrected chi connectivity index (χ2v) is 3.34. The summed E-state index contributed by atoms with van der Waals surface area (Å²) in [6.45, 7) is 9.97. The summed E-state index contributed by atoms with van der Waals surface area (Å²) in [7, 11) is 0. The fourth-order valence-corrected chi connectivity index (χ4v) is 1.63. The summed E-state index contributed by atoms with van der Waals surface area (Å²) in [5, 5.41) is 0. The van der Waals surface area contributed by atoms with Gasteiger partial charge in [-0.3, -0.25) is 0 Å². The van der Waals surface area contributed by atoms with Crippen LogP contribution in [0.3, 0.4) is 0 Å². The SMILES string of the molecule is C=C/C=C(\CCC)C1=CC=CCC1.CC. The highest BCUT2D eigenvalue weighted by Gasteiger charge is 2.04. The highest BCUT2D eigenvalue weighted by Crippen LogP contribution is 2.23. The van der Waals surface area contributed by atoms with Crippen LogP contribution in [0.4, 0.5) is 0 Å². The van der Waals surface area contributed by atoms with Crippen molar-refractivity contribution in [2.24, 2.45) is 0 Å². The maximum atomic E-state index is 3.76. The molecule has 0 radical (unpaired) electrons. The third kappa shape index (κ3) is 5.41. The first-order valence-corrected chi connectivity index (χ1v) is 6.06. The summed E-state index contributed by atoms with van der Waals surface area (Å²) >= 11 is 0. The predicted molar refractivity (Wildman–Crippen MR) is 71.0 cm³/mol. The van der Waals surface area contributed by atoms with Gasteiger partial charge in [-0.1, -0.05) is 64.2 Å². The number of hydrogen-bond donors (Lipinski definition) is 0. The van der Waals surface area contributed by atoms with Gasteiger partial charge in [-0.15, -0.1) is 0 Å². The minimum Gasteiger partial charge on any atom is -0.0991 e. The van der Waals surface area contributed by atoms with Crippen LogP contribution in [0.5, 0.6) is 0 Å². The Morgan fingerprint density at radius 3 is 2.67 bits per heavy atom. The first-order valence-electron chi connectivity index (χ1n) is 6.06. The van der Waals surface area contributed by atoms with Gasteiger partial charge >= 0.3 is 0 Å². The summed E-state index contributed by atoms with van der Waals surface area (Å²) in [4.78, 5) is 0. The minimum absolute atomic E-state index is 1.17. The van der Waals surface area contributed by atoms with Crippen molar-refractivity contribution in [3.8, 4) is 0 Å². The highest BCUT2D eigenvalue weighted by molar-refractivity contribution is 5.37. The van der Waals surface area contributed by atoms with E-state index in [9.17, 15) is 0 Å². The smallest absolute Gasteiger partial charge is 0.0241 e. The lowest BCUT2D eigenvalue weighted by atomic mass is 9.94. The van der Waals surface area contributed by atoms with Gasteiger partial charge < -0.3 is 0 Å². The van der Waals surface area contributed by atoms with Gasteiger partial charge in [-0.05, 0) is 30.4 Å². The lowest BCUT2D eigenvalue weighted by Crippen LogP contribution is -1.92. The fraction of sp³-hybridized carbons (Fsp3) is 0.467. The van der Waals surface area contributed by atoms with E-state index >= 15 is 0 Å². The Hall–Kier alpha value is -1.04. The average Bonchev–Trinajstić information content (AvgIpc) is 2.33. The van der Waals surface area contributed by atoms with Gasteiger partial charge in [0.05, 0.1) is 0 Å². The van der Waals surface area contributed by atoms with Crippen LogP contribution in [0.2, 0.25) is 0 Å². The summed E-state index contributed by atoms with van der Waals surface area (Å²) in [6, 6.07) is 0. The lowest BCUT2D eigenvalue weighted by Gasteiger charge is -2.12. The molecule has 0 saturated heterocycles. The van der Waals surface area contributed by atoms with Gasteiger partial charge in [0.2, 0.25) is 0 Å². The third-order valence-electron chi connectivity index (χ3n) is 2.26. The van der Waals surface area contributed by atoms with Crippen molar-refractivity contribution in [3.63, 3.8) is 0 Å². The van der Waals surface area contributed by atoms with Crippen molar-refractivity contribution >= 4 is 0 Å². The van der Waals surface area contributed by atoms with Crippen LogP contribution in [-0.2, 0) is 0 Å². The number of rotatable bonds is 4. The molecule has 0 N–H and O–H groups in total. The maximum Gasteiger partial charge on any atom is -0.0241 e. The van der Waals surface area contributed by atoms with Crippen LogP contribution in [-0.4, -0.2) is 0 Å². The van der Waals surface area contributed by atoms with E-state index in [1.165, 1.54) is 36.8 Å². The van der Waals surface area contributed by atoms with Gasteiger partial charge in [0.15, 0.2) is 0 Å². The van der Waals surface area contributed by atoms with Gasteiger partial charge in [0.25, 0.3) is 0 Å². The molecule has 0 aliphatic heterocycles. The molecule has 0 saturated carbocycles. The van der Waals surface area contributed by atoms with E-state index < -0.39 is 0 Å². The minimum atomic E-state index is 1.17. The molecule has 84 valence electrons. The Kier molecular flexibility index (Phi) is 8.85. The molecule has 0 heteroatoms. The Morgan fingerprint density at radius 2 is 2.20 bits per heavy atom. The van der Waals surface area contributed by atoms with Gasteiger partial charge in [-0.25, -0.2) is 0 Å². The molecule has 1 aliphatic carbocycles. The van der Waals surface area contributed by atoms with Crippen LogP contribution in [0.1, 0.15) is 46.5 Å². The first kappa shape index (κ1) is 14.0. The quantitative estimate of drug-likeness (QED) is 0.552. The largest absolute Gasteiger partial charge is 0.0991 e. The molecule has 0 fully saturated rings. The van der Waals surface area contributed by atoms with Crippen LogP contribution < -0.4 is 0 Å².